The number of fused-ring (bicyclic) bond motifs is 1. The molecule has 1 aromatic carbocycles. The smallest absolute Gasteiger partial charge is 0.0706 e. The molecule has 0 atom stereocenters. The van der Waals surface area contributed by atoms with Crippen molar-refractivity contribution in [3.8, 4) is 0 Å². The average Bonchev–Trinajstić information content (AvgIpc) is 2.32. The third-order valence-corrected chi connectivity index (χ3v) is 2.62. The van der Waals surface area contributed by atoms with E-state index in [1.165, 1.54) is 0 Å². The van der Waals surface area contributed by atoms with Crippen LogP contribution in [-0.4, -0.2) is 18.2 Å². The second-order valence-corrected chi connectivity index (χ2v) is 3.66. The van der Waals surface area contributed by atoms with Gasteiger partial charge in [0.15, 0.2) is 0 Å². The summed E-state index contributed by atoms with van der Waals surface area (Å²) in [6.45, 7) is 3.44. The summed E-state index contributed by atoms with van der Waals surface area (Å²) in [5, 5.41) is 1.13. The van der Waals surface area contributed by atoms with Gasteiger partial charge < -0.3 is 10.5 Å². The van der Waals surface area contributed by atoms with Gasteiger partial charge in [-0.05, 0) is 25.0 Å². The first-order valence-electron chi connectivity index (χ1n) is 5.52. The third kappa shape index (κ3) is 2.14. The minimum atomic E-state index is 0.703. The molecule has 16 heavy (non-hydrogen) atoms. The van der Waals surface area contributed by atoms with Gasteiger partial charge in [-0.15, -0.1) is 0 Å². The van der Waals surface area contributed by atoms with Crippen molar-refractivity contribution < 1.29 is 4.74 Å². The first-order chi connectivity index (χ1) is 7.83. The normalized spacial score (nSPS) is 10.8. The van der Waals surface area contributed by atoms with E-state index in [1.54, 1.807) is 6.20 Å². The molecule has 0 aliphatic rings. The molecule has 3 nitrogen and oxygen atoms in total. The topological polar surface area (TPSA) is 48.1 Å². The van der Waals surface area contributed by atoms with Crippen LogP contribution in [-0.2, 0) is 11.2 Å². The minimum absolute atomic E-state index is 0.703. The second kappa shape index (κ2) is 4.94. The van der Waals surface area contributed by atoms with Crippen LogP contribution in [0.3, 0.4) is 0 Å². The molecule has 3 heteroatoms. The van der Waals surface area contributed by atoms with Crippen molar-refractivity contribution in [2.75, 3.05) is 18.9 Å². The number of para-hydroxylation sites is 1. The predicted octanol–water partition coefficient (Wildman–Crippen LogP) is 2.40. The Morgan fingerprint density at radius 3 is 2.94 bits per heavy atom. The summed E-state index contributed by atoms with van der Waals surface area (Å²) < 4.78 is 5.37. The molecule has 0 unspecified atom stereocenters. The maximum atomic E-state index is 5.95. The number of rotatable bonds is 4. The molecule has 0 fully saturated rings. The lowest BCUT2D eigenvalue weighted by atomic mass is 10.1. The first kappa shape index (κ1) is 10.9. The van der Waals surface area contributed by atoms with Gasteiger partial charge in [-0.1, -0.05) is 18.2 Å². The first-order valence-corrected chi connectivity index (χ1v) is 5.52. The molecule has 84 valence electrons. The lowest BCUT2D eigenvalue weighted by Crippen LogP contribution is -2.03. The van der Waals surface area contributed by atoms with Crippen molar-refractivity contribution >= 4 is 16.6 Å². The fourth-order valence-corrected chi connectivity index (χ4v) is 1.81. The molecule has 1 heterocycles. The lowest BCUT2D eigenvalue weighted by Gasteiger charge is -2.09. The van der Waals surface area contributed by atoms with Crippen LogP contribution in [0, 0.1) is 0 Å². The van der Waals surface area contributed by atoms with E-state index in [-0.39, 0.29) is 0 Å². The van der Waals surface area contributed by atoms with E-state index in [0.717, 1.165) is 35.2 Å². The summed E-state index contributed by atoms with van der Waals surface area (Å²) in [7, 11) is 0. The highest BCUT2D eigenvalue weighted by atomic mass is 16.5. The Morgan fingerprint density at radius 1 is 1.31 bits per heavy atom. The summed E-state index contributed by atoms with van der Waals surface area (Å²) in [5.74, 6) is 0. The van der Waals surface area contributed by atoms with Crippen molar-refractivity contribution in [3.05, 3.63) is 36.0 Å². The highest BCUT2D eigenvalue weighted by molar-refractivity contribution is 5.85. The molecule has 0 saturated carbocycles. The van der Waals surface area contributed by atoms with Gasteiger partial charge >= 0.3 is 0 Å². The van der Waals surface area contributed by atoms with E-state index < -0.39 is 0 Å². The molecule has 2 N–H and O–H groups in total. The third-order valence-electron chi connectivity index (χ3n) is 2.62. The Kier molecular flexibility index (Phi) is 3.37. The van der Waals surface area contributed by atoms with Gasteiger partial charge in [0.2, 0.25) is 0 Å². The molecule has 0 amide bonds. The SMILES string of the molecule is CCOCCc1c(N)cnc2ccccc12. The minimum Gasteiger partial charge on any atom is -0.397 e. The highest BCUT2D eigenvalue weighted by Crippen LogP contribution is 2.22. The van der Waals surface area contributed by atoms with Crippen LogP contribution in [0.2, 0.25) is 0 Å². The van der Waals surface area contributed by atoms with Crippen molar-refractivity contribution in [3.63, 3.8) is 0 Å². The number of aromatic nitrogens is 1. The molecule has 0 aliphatic carbocycles. The molecule has 0 radical (unpaired) electrons. The maximum Gasteiger partial charge on any atom is 0.0706 e. The summed E-state index contributed by atoms with van der Waals surface area (Å²) in [5.41, 5.74) is 8.83. The molecule has 2 aromatic rings. The molecular weight excluding hydrogens is 200 g/mol. The molecule has 0 spiro atoms. The van der Waals surface area contributed by atoms with E-state index in [0.29, 0.717) is 6.61 Å². The number of hydrogen-bond donors (Lipinski definition) is 1. The number of nitrogens with two attached hydrogens (primary N) is 1. The maximum absolute atomic E-state index is 5.95. The van der Waals surface area contributed by atoms with Gasteiger partial charge in [0.25, 0.3) is 0 Å². The number of hydrogen-bond acceptors (Lipinski definition) is 3. The van der Waals surface area contributed by atoms with Gasteiger partial charge in [0.05, 0.1) is 24.0 Å². The van der Waals surface area contributed by atoms with Gasteiger partial charge in [-0.2, -0.15) is 0 Å². The zero-order chi connectivity index (χ0) is 11.4. The van der Waals surface area contributed by atoms with Crippen molar-refractivity contribution in [2.24, 2.45) is 0 Å². The fourth-order valence-electron chi connectivity index (χ4n) is 1.81. The number of pyridine rings is 1. The van der Waals surface area contributed by atoms with Gasteiger partial charge in [-0.3, -0.25) is 4.98 Å². The van der Waals surface area contributed by atoms with Crippen molar-refractivity contribution in [1.29, 1.82) is 0 Å². The Morgan fingerprint density at radius 2 is 2.12 bits per heavy atom. The Hall–Kier alpha value is -1.61. The van der Waals surface area contributed by atoms with E-state index >= 15 is 0 Å². The van der Waals surface area contributed by atoms with Crippen LogP contribution >= 0.6 is 0 Å². The fraction of sp³-hybridized carbons (Fsp3) is 0.308. The van der Waals surface area contributed by atoms with Crippen LogP contribution in [0.5, 0.6) is 0 Å². The number of ether oxygens (including phenoxy) is 1. The molecule has 0 aliphatic heterocycles. The van der Waals surface area contributed by atoms with Crippen LogP contribution in [0.1, 0.15) is 12.5 Å². The monoisotopic (exact) mass is 216 g/mol. The standard InChI is InChI=1S/C13H16N2O/c1-2-16-8-7-10-11-5-3-4-6-13(11)15-9-12(10)14/h3-6,9H,2,7-8,14H2,1H3. The van der Waals surface area contributed by atoms with E-state index in [4.69, 9.17) is 10.5 Å². The van der Waals surface area contributed by atoms with Crippen LogP contribution < -0.4 is 5.73 Å². The summed E-state index contributed by atoms with van der Waals surface area (Å²) in [6, 6.07) is 8.05. The number of benzene rings is 1. The van der Waals surface area contributed by atoms with E-state index in [1.807, 2.05) is 25.1 Å². The molecule has 0 saturated heterocycles. The van der Waals surface area contributed by atoms with Crippen LogP contribution in [0.15, 0.2) is 30.5 Å². The Bertz CT molecular complexity index is 482. The lowest BCUT2D eigenvalue weighted by molar-refractivity contribution is 0.151. The van der Waals surface area contributed by atoms with Gasteiger partial charge in [-0.25, -0.2) is 0 Å². The molecular formula is C13H16N2O. The number of nitrogen functional groups attached to an aromatic ring is 1. The quantitative estimate of drug-likeness (QED) is 0.798. The zero-order valence-corrected chi connectivity index (χ0v) is 9.44. The summed E-state index contributed by atoms with van der Waals surface area (Å²) in [4.78, 5) is 4.30. The zero-order valence-electron chi connectivity index (χ0n) is 9.44. The van der Waals surface area contributed by atoms with Gasteiger partial charge in [0.1, 0.15) is 0 Å². The molecule has 2 rings (SSSR count). The Balaban J connectivity index is 2.37. The Labute approximate surface area is 95.2 Å². The van der Waals surface area contributed by atoms with Gasteiger partial charge in [0, 0.05) is 12.0 Å². The number of anilines is 1. The second-order valence-electron chi connectivity index (χ2n) is 3.66. The largest absolute Gasteiger partial charge is 0.397 e. The van der Waals surface area contributed by atoms with Crippen LogP contribution in [0.4, 0.5) is 5.69 Å². The van der Waals surface area contributed by atoms with Crippen LogP contribution in [0.25, 0.3) is 10.9 Å². The summed E-state index contributed by atoms with van der Waals surface area (Å²) >= 11 is 0. The molecule has 0 bridgehead atoms. The highest BCUT2D eigenvalue weighted by Gasteiger charge is 2.05. The average molecular weight is 216 g/mol. The van der Waals surface area contributed by atoms with E-state index in [2.05, 4.69) is 11.1 Å². The predicted molar refractivity (Wildman–Crippen MR) is 66.4 cm³/mol. The number of nitrogens with zero attached hydrogens (tertiary/aromatic N) is 1. The summed E-state index contributed by atoms with van der Waals surface area (Å²) in [6.07, 6.45) is 2.56. The molecule has 1 aromatic heterocycles. The van der Waals surface area contributed by atoms with E-state index in [9.17, 15) is 0 Å². The van der Waals surface area contributed by atoms with Crippen molar-refractivity contribution in [2.45, 2.75) is 13.3 Å². The van der Waals surface area contributed by atoms with Crippen molar-refractivity contribution in [1.82, 2.24) is 4.98 Å².